The van der Waals surface area contributed by atoms with E-state index >= 15 is 0 Å². The predicted molar refractivity (Wildman–Crippen MR) is 83.6 cm³/mol. The normalized spacial score (nSPS) is 12.9. The standard InChI is InChI=1S/C16H26N4/c1-4-6-7-13(5-2)10-17-11-14-8-9-15-16(12(14)3)19-20-18-15/h8-9,13,17H,4-7,10-11H2,1-3H3,(H,18,19,20). The molecule has 0 amide bonds. The summed E-state index contributed by atoms with van der Waals surface area (Å²) in [4.78, 5) is 0. The van der Waals surface area contributed by atoms with Crippen molar-refractivity contribution in [2.75, 3.05) is 6.54 Å². The second-order valence-corrected chi connectivity index (χ2v) is 5.59. The van der Waals surface area contributed by atoms with E-state index in [4.69, 9.17) is 0 Å². The molecule has 0 aliphatic heterocycles. The van der Waals surface area contributed by atoms with E-state index in [0.717, 1.165) is 30.0 Å². The molecule has 20 heavy (non-hydrogen) atoms. The van der Waals surface area contributed by atoms with E-state index < -0.39 is 0 Å². The SMILES string of the molecule is CCCCC(CC)CNCc1ccc2n[nH]nc2c1C. The van der Waals surface area contributed by atoms with E-state index in [1.54, 1.807) is 0 Å². The molecule has 0 radical (unpaired) electrons. The largest absolute Gasteiger partial charge is 0.312 e. The van der Waals surface area contributed by atoms with Crippen LogP contribution in [0.1, 0.15) is 50.7 Å². The van der Waals surface area contributed by atoms with Crippen molar-refractivity contribution in [3.63, 3.8) is 0 Å². The summed E-state index contributed by atoms with van der Waals surface area (Å²) in [7, 11) is 0. The van der Waals surface area contributed by atoms with Crippen molar-refractivity contribution >= 4 is 11.0 Å². The van der Waals surface area contributed by atoms with Gasteiger partial charge >= 0.3 is 0 Å². The van der Waals surface area contributed by atoms with Gasteiger partial charge in [-0.25, -0.2) is 0 Å². The molecular formula is C16H26N4. The summed E-state index contributed by atoms with van der Waals surface area (Å²) in [6.45, 7) is 8.69. The number of nitrogens with one attached hydrogen (secondary N) is 2. The van der Waals surface area contributed by atoms with E-state index in [9.17, 15) is 0 Å². The van der Waals surface area contributed by atoms with Crippen LogP contribution in [-0.2, 0) is 6.54 Å². The zero-order chi connectivity index (χ0) is 14.4. The van der Waals surface area contributed by atoms with Gasteiger partial charge in [-0.3, -0.25) is 0 Å². The van der Waals surface area contributed by atoms with Gasteiger partial charge in [-0.2, -0.15) is 15.4 Å². The number of rotatable bonds is 8. The van der Waals surface area contributed by atoms with Crippen LogP contribution in [0.4, 0.5) is 0 Å². The minimum absolute atomic E-state index is 0.797. The van der Waals surface area contributed by atoms with Crippen molar-refractivity contribution in [2.45, 2.75) is 53.0 Å². The van der Waals surface area contributed by atoms with Crippen LogP contribution in [0.15, 0.2) is 12.1 Å². The monoisotopic (exact) mass is 274 g/mol. The fourth-order valence-electron chi connectivity index (χ4n) is 2.63. The van der Waals surface area contributed by atoms with Crippen LogP contribution in [-0.4, -0.2) is 22.0 Å². The lowest BCUT2D eigenvalue weighted by atomic mass is 9.99. The van der Waals surface area contributed by atoms with Crippen molar-refractivity contribution in [3.05, 3.63) is 23.3 Å². The average Bonchev–Trinajstić information content (AvgIpc) is 2.94. The number of H-pyrrole nitrogens is 1. The van der Waals surface area contributed by atoms with E-state index in [0.29, 0.717) is 0 Å². The Hall–Kier alpha value is -1.42. The highest BCUT2D eigenvalue weighted by atomic mass is 15.3. The van der Waals surface area contributed by atoms with Crippen molar-refractivity contribution < 1.29 is 0 Å². The van der Waals surface area contributed by atoms with Crippen LogP contribution in [0.25, 0.3) is 11.0 Å². The van der Waals surface area contributed by atoms with Gasteiger partial charge in [-0.1, -0.05) is 39.2 Å². The minimum Gasteiger partial charge on any atom is -0.312 e. The fourth-order valence-corrected chi connectivity index (χ4v) is 2.63. The molecule has 1 unspecified atom stereocenters. The average molecular weight is 274 g/mol. The summed E-state index contributed by atoms with van der Waals surface area (Å²) >= 11 is 0. The van der Waals surface area contributed by atoms with Crippen LogP contribution in [0, 0.1) is 12.8 Å². The number of hydrogen-bond donors (Lipinski definition) is 2. The maximum atomic E-state index is 4.21. The Kier molecular flexibility index (Phi) is 5.53. The third-order valence-electron chi connectivity index (χ3n) is 4.15. The maximum Gasteiger partial charge on any atom is 0.116 e. The molecule has 0 aliphatic rings. The van der Waals surface area contributed by atoms with Crippen molar-refractivity contribution in [1.82, 2.24) is 20.7 Å². The lowest BCUT2D eigenvalue weighted by Gasteiger charge is -2.16. The van der Waals surface area contributed by atoms with Gasteiger partial charge < -0.3 is 5.32 Å². The van der Waals surface area contributed by atoms with Crippen LogP contribution in [0.5, 0.6) is 0 Å². The summed E-state index contributed by atoms with van der Waals surface area (Å²) in [5.41, 5.74) is 4.48. The molecule has 0 saturated heterocycles. The minimum atomic E-state index is 0.797. The molecule has 0 saturated carbocycles. The molecular weight excluding hydrogens is 248 g/mol. The number of aromatic nitrogens is 3. The lowest BCUT2D eigenvalue weighted by molar-refractivity contribution is 0.419. The van der Waals surface area contributed by atoms with E-state index in [-0.39, 0.29) is 0 Å². The highest BCUT2D eigenvalue weighted by molar-refractivity contribution is 5.78. The molecule has 1 aromatic carbocycles. The number of hydrogen-bond acceptors (Lipinski definition) is 3. The maximum absolute atomic E-state index is 4.21. The first kappa shape index (κ1) is 15.0. The first-order chi connectivity index (χ1) is 9.76. The van der Waals surface area contributed by atoms with Gasteiger partial charge in [0.15, 0.2) is 0 Å². The van der Waals surface area contributed by atoms with Gasteiger partial charge in [0, 0.05) is 6.54 Å². The molecule has 2 N–H and O–H groups in total. The number of aryl methyl sites for hydroxylation is 1. The molecule has 2 rings (SSSR count). The molecule has 0 bridgehead atoms. The number of fused-ring (bicyclic) bond motifs is 1. The topological polar surface area (TPSA) is 53.6 Å². The second-order valence-electron chi connectivity index (χ2n) is 5.59. The van der Waals surface area contributed by atoms with Crippen LogP contribution < -0.4 is 5.32 Å². The molecule has 1 atom stereocenters. The summed E-state index contributed by atoms with van der Waals surface area (Å²) in [6.07, 6.45) is 5.22. The fraction of sp³-hybridized carbons (Fsp3) is 0.625. The molecule has 0 spiro atoms. The Balaban J connectivity index is 1.90. The Morgan fingerprint density at radius 2 is 2.10 bits per heavy atom. The molecule has 110 valence electrons. The second kappa shape index (κ2) is 7.39. The third kappa shape index (κ3) is 3.57. The van der Waals surface area contributed by atoms with Crippen molar-refractivity contribution in [3.8, 4) is 0 Å². The summed E-state index contributed by atoms with van der Waals surface area (Å²) in [5.74, 6) is 0.797. The van der Waals surface area contributed by atoms with Crippen molar-refractivity contribution in [2.24, 2.45) is 5.92 Å². The highest BCUT2D eigenvalue weighted by Gasteiger charge is 2.08. The molecule has 1 aromatic heterocycles. The lowest BCUT2D eigenvalue weighted by Crippen LogP contribution is -2.22. The quantitative estimate of drug-likeness (QED) is 0.773. The number of aromatic amines is 1. The van der Waals surface area contributed by atoms with Crippen LogP contribution in [0.3, 0.4) is 0 Å². The van der Waals surface area contributed by atoms with E-state index in [2.05, 4.69) is 47.6 Å². The summed E-state index contributed by atoms with van der Waals surface area (Å²) in [6, 6.07) is 4.19. The summed E-state index contributed by atoms with van der Waals surface area (Å²) < 4.78 is 0. The zero-order valence-electron chi connectivity index (χ0n) is 12.9. The summed E-state index contributed by atoms with van der Waals surface area (Å²) in [5, 5.41) is 14.6. The Morgan fingerprint density at radius 3 is 2.85 bits per heavy atom. The highest BCUT2D eigenvalue weighted by Crippen LogP contribution is 2.18. The van der Waals surface area contributed by atoms with Gasteiger partial charge in [-0.15, -0.1) is 0 Å². The Labute approximate surface area is 121 Å². The zero-order valence-corrected chi connectivity index (χ0v) is 12.9. The van der Waals surface area contributed by atoms with Crippen LogP contribution >= 0.6 is 0 Å². The molecule has 2 aromatic rings. The first-order valence-electron chi connectivity index (χ1n) is 7.75. The Bertz CT molecular complexity index is 532. The van der Waals surface area contributed by atoms with Gasteiger partial charge in [0.05, 0.1) is 0 Å². The number of unbranched alkanes of at least 4 members (excludes halogenated alkanes) is 1. The van der Waals surface area contributed by atoms with E-state index in [1.807, 2.05) is 6.07 Å². The Morgan fingerprint density at radius 1 is 1.25 bits per heavy atom. The molecule has 4 heteroatoms. The van der Waals surface area contributed by atoms with Gasteiger partial charge in [0.1, 0.15) is 11.0 Å². The molecule has 0 fully saturated rings. The van der Waals surface area contributed by atoms with Crippen molar-refractivity contribution in [1.29, 1.82) is 0 Å². The first-order valence-corrected chi connectivity index (χ1v) is 7.75. The molecule has 0 aliphatic carbocycles. The van der Waals surface area contributed by atoms with Gasteiger partial charge in [0.25, 0.3) is 0 Å². The number of benzene rings is 1. The molecule has 4 nitrogen and oxygen atoms in total. The molecule has 1 heterocycles. The van der Waals surface area contributed by atoms with Crippen LogP contribution in [0.2, 0.25) is 0 Å². The number of nitrogens with zero attached hydrogens (tertiary/aromatic N) is 2. The van der Waals surface area contributed by atoms with Gasteiger partial charge in [0.2, 0.25) is 0 Å². The van der Waals surface area contributed by atoms with Gasteiger partial charge in [-0.05, 0) is 43.0 Å². The van der Waals surface area contributed by atoms with E-state index in [1.165, 1.54) is 36.8 Å². The third-order valence-corrected chi connectivity index (χ3v) is 4.15. The predicted octanol–water partition coefficient (Wildman–Crippen LogP) is 3.57. The smallest absolute Gasteiger partial charge is 0.116 e.